The molecule has 1 N–H and O–H groups in total. The molecule has 2 amide bonds. The molecule has 5 heteroatoms. The van der Waals surface area contributed by atoms with Crippen LogP contribution in [0.3, 0.4) is 0 Å². The number of anilines is 1. The van der Waals surface area contributed by atoms with E-state index in [2.05, 4.69) is 15.3 Å². The molecule has 0 aromatic carbocycles. The number of aromatic nitrogens is 2. The van der Waals surface area contributed by atoms with E-state index in [0.717, 1.165) is 6.42 Å². The van der Waals surface area contributed by atoms with Gasteiger partial charge in [-0.25, -0.2) is 4.79 Å². The molecule has 0 atom stereocenters. The average molecular weight is 270 g/mol. The average Bonchev–Trinajstić information content (AvgIpc) is 2.50. The van der Waals surface area contributed by atoms with Gasteiger partial charge in [0.25, 0.3) is 0 Å². The summed E-state index contributed by atoms with van der Waals surface area (Å²) in [5, 5.41) is 2.84. The van der Waals surface area contributed by atoms with E-state index in [1.807, 2.05) is 25.1 Å². The number of urea groups is 1. The van der Waals surface area contributed by atoms with E-state index in [9.17, 15) is 4.79 Å². The molecule has 0 aliphatic heterocycles. The second kappa shape index (κ2) is 7.23. The molecule has 2 aromatic heterocycles. The molecule has 0 saturated heterocycles. The fraction of sp³-hybridized carbons (Fsp3) is 0.267. The van der Waals surface area contributed by atoms with Crippen molar-refractivity contribution in [3.63, 3.8) is 0 Å². The predicted molar refractivity (Wildman–Crippen MR) is 78.4 cm³/mol. The minimum atomic E-state index is -0.102. The summed E-state index contributed by atoms with van der Waals surface area (Å²) in [5.41, 5.74) is 1.88. The molecule has 0 bridgehead atoms. The minimum absolute atomic E-state index is 0.102. The Morgan fingerprint density at radius 2 is 2.00 bits per heavy atom. The highest BCUT2D eigenvalue weighted by Gasteiger charge is 2.11. The molecule has 5 nitrogen and oxygen atoms in total. The molecular formula is C15H18N4O. The second-order valence-corrected chi connectivity index (χ2v) is 4.36. The molecule has 0 radical (unpaired) electrons. The molecule has 2 heterocycles. The number of hydrogen-bond acceptors (Lipinski definition) is 3. The minimum Gasteiger partial charge on any atom is -0.324 e. The highest BCUT2D eigenvalue weighted by molar-refractivity contribution is 5.89. The molecule has 104 valence electrons. The smallest absolute Gasteiger partial charge is 0.321 e. The van der Waals surface area contributed by atoms with Crippen LogP contribution in [0.4, 0.5) is 10.5 Å². The molecule has 0 saturated carbocycles. The van der Waals surface area contributed by atoms with Crippen LogP contribution in [0, 0.1) is 0 Å². The lowest BCUT2D eigenvalue weighted by molar-refractivity contribution is 0.215. The number of hydrogen-bond donors (Lipinski definition) is 1. The van der Waals surface area contributed by atoms with Crippen LogP contribution in [0.1, 0.15) is 12.5 Å². The third-order valence-electron chi connectivity index (χ3n) is 3.00. The van der Waals surface area contributed by atoms with E-state index in [-0.39, 0.29) is 6.03 Å². The first-order valence-electron chi connectivity index (χ1n) is 6.64. The maximum absolute atomic E-state index is 12.1. The van der Waals surface area contributed by atoms with Crippen LogP contribution in [0.2, 0.25) is 0 Å². The Labute approximate surface area is 118 Å². The van der Waals surface area contributed by atoms with Gasteiger partial charge in [0.05, 0.1) is 11.9 Å². The van der Waals surface area contributed by atoms with Gasteiger partial charge in [0.15, 0.2) is 0 Å². The molecular weight excluding hydrogens is 252 g/mol. The Hall–Kier alpha value is -2.43. The van der Waals surface area contributed by atoms with Gasteiger partial charge < -0.3 is 10.2 Å². The third-order valence-corrected chi connectivity index (χ3v) is 3.00. The van der Waals surface area contributed by atoms with Gasteiger partial charge in [0.2, 0.25) is 0 Å². The first-order valence-corrected chi connectivity index (χ1v) is 6.64. The zero-order chi connectivity index (χ0) is 14.2. The van der Waals surface area contributed by atoms with Crippen LogP contribution < -0.4 is 5.32 Å². The number of nitrogens with one attached hydrogen (secondary N) is 1. The van der Waals surface area contributed by atoms with E-state index >= 15 is 0 Å². The van der Waals surface area contributed by atoms with Crippen molar-refractivity contribution in [2.24, 2.45) is 0 Å². The lowest BCUT2D eigenvalue weighted by Crippen LogP contribution is -2.36. The maximum atomic E-state index is 12.1. The topological polar surface area (TPSA) is 58.1 Å². The molecule has 2 aromatic rings. The lowest BCUT2D eigenvalue weighted by atomic mass is 10.2. The summed E-state index contributed by atoms with van der Waals surface area (Å²) in [7, 11) is 0. The zero-order valence-corrected chi connectivity index (χ0v) is 11.5. The fourth-order valence-electron chi connectivity index (χ4n) is 1.86. The first-order chi connectivity index (χ1) is 9.79. The summed E-state index contributed by atoms with van der Waals surface area (Å²) in [4.78, 5) is 21.9. The van der Waals surface area contributed by atoms with Crippen molar-refractivity contribution >= 4 is 11.7 Å². The largest absolute Gasteiger partial charge is 0.324 e. The molecule has 0 aliphatic carbocycles. The summed E-state index contributed by atoms with van der Waals surface area (Å²) in [6, 6.07) is 7.44. The molecule has 0 aliphatic rings. The van der Waals surface area contributed by atoms with Crippen LogP contribution in [-0.2, 0) is 6.42 Å². The normalized spacial score (nSPS) is 10.1. The van der Waals surface area contributed by atoms with Crippen molar-refractivity contribution in [3.05, 3.63) is 54.6 Å². The van der Waals surface area contributed by atoms with Crippen LogP contribution in [-0.4, -0.2) is 34.0 Å². The van der Waals surface area contributed by atoms with Gasteiger partial charge >= 0.3 is 6.03 Å². The van der Waals surface area contributed by atoms with Crippen molar-refractivity contribution in [1.82, 2.24) is 14.9 Å². The Morgan fingerprint density at radius 3 is 2.65 bits per heavy atom. The summed E-state index contributed by atoms with van der Waals surface area (Å²) in [6.45, 7) is 3.30. The van der Waals surface area contributed by atoms with Gasteiger partial charge in [-0.05, 0) is 43.2 Å². The maximum Gasteiger partial charge on any atom is 0.321 e. The van der Waals surface area contributed by atoms with Crippen molar-refractivity contribution in [3.8, 4) is 0 Å². The molecule has 0 fully saturated rings. The van der Waals surface area contributed by atoms with Crippen molar-refractivity contribution in [1.29, 1.82) is 0 Å². The number of likely N-dealkylation sites (N-methyl/N-ethyl adjacent to an activating group) is 1. The molecule has 2 rings (SSSR count). The Bertz CT molecular complexity index is 530. The zero-order valence-electron chi connectivity index (χ0n) is 11.5. The molecule has 0 unspecified atom stereocenters. The van der Waals surface area contributed by atoms with Crippen LogP contribution >= 0.6 is 0 Å². The Kier molecular flexibility index (Phi) is 5.06. The van der Waals surface area contributed by atoms with Gasteiger partial charge in [-0.15, -0.1) is 0 Å². The van der Waals surface area contributed by atoms with E-state index in [0.29, 0.717) is 18.8 Å². The number of pyridine rings is 2. The van der Waals surface area contributed by atoms with E-state index in [4.69, 9.17) is 0 Å². The Morgan fingerprint density at radius 1 is 1.20 bits per heavy atom. The summed E-state index contributed by atoms with van der Waals surface area (Å²) >= 11 is 0. The second-order valence-electron chi connectivity index (χ2n) is 4.36. The van der Waals surface area contributed by atoms with E-state index < -0.39 is 0 Å². The monoisotopic (exact) mass is 270 g/mol. The number of carbonyl (C=O) groups is 1. The van der Waals surface area contributed by atoms with Gasteiger partial charge in [0.1, 0.15) is 0 Å². The van der Waals surface area contributed by atoms with Crippen molar-refractivity contribution < 1.29 is 4.79 Å². The van der Waals surface area contributed by atoms with E-state index in [1.165, 1.54) is 5.56 Å². The van der Waals surface area contributed by atoms with Crippen molar-refractivity contribution in [2.75, 3.05) is 18.4 Å². The lowest BCUT2D eigenvalue weighted by Gasteiger charge is -2.21. The summed E-state index contributed by atoms with van der Waals surface area (Å²) < 4.78 is 0. The first kappa shape index (κ1) is 14.0. The van der Waals surface area contributed by atoms with E-state index in [1.54, 1.807) is 35.8 Å². The SMILES string of the molecule is CCN(CCc1ccncc1)C(=O)Nc1cccnc1. The van der Waals surface area contributed by atoms with Crippen LogP contribution in [0.15, 0.2) is 49.1 Å². The summed E-state index contributed by atoms with van der Waals surface area (Å²) in [5.74, 6) is 0. The highest BCUT2D eigenvalue weighted by atomic mass is 16.2. The number of amides is 2. The van der Waals surface area contributed by atoms with Gasteiger partial charge in [0, 0.05) is 31.7 Å². The van der Waals surface area contributed by atoms with Gasteiger partial charge in [-0.1, -0.05) is 0 Å². The number of carbonyl (C=O) groups excluding carboxylic acids is 1. The fourth-order valence-corrected chi connectivity index (χ4v) is 1.86. The number of nitrogens with zero attached hydrogens (tertiary/aromatic N) is 3. The van der Waals surface area contributed by atoms with Gasteiger partial charge in [-0.2, -0.15) is 0 Å². The Balaban J connectivity index is 1.89. The standard InChI is InChI=1S/C15H18N4O/c1-2-19(11-7-13-5-9-16-10-6-13)15(20)18-14-4-3-8-17-12-14/h3-6,8-10,12H,2,7,11H2,1H3,(H,18,20). The molecule has 0 spiro atoms. The van der Waals surface area contributed by atoms with Gasteiger partial charge in [-0.3, -0.25) is 9.97 Å². The molecule has 20 heavy (non-hydrogen) atoms. The third kappa shape index (κ3) is 4.05. The predicted octanol–water partition coefficient (Wildman–Crippen LogP) is 2.57. The summed E-state index contributed by atoms with van der Waals surface area (Å²) in [6.07, 6.45) is 7.66. The van der Waals surface area contributed by atoms with Crippen LogP contribution in [0.25, 0.3) is 0 Å². The quantitative estimate of drug-likeness (QED) is 0.908. The van der Waals surface area contributed by atoms with Crippen LogP contribution in [0.5, 0.6) is 0 Å². The highest BCUT2D eigenvalue weighted by Crippen LogP contribution is 2.06. The number of rotatable bonds is 5. The van der Waals surface area contributed by atoms with Crippen molar-refractivity contribution in [2.45, 2.75) is 13.3 Å².